The third-order valence-corrected chi connectivity index (χ3v) is 8.17. The van der Waals surface area contributed by atoms with E-state index in [1.165, 1.54) is 5.01 Å². The van der Waals surface area contributed by atoms with Crippen LogP contribution in [0.4, 0.5) is 0 Å². The highest BCUT2D eigenvalue weighted by atomic mass is 16.5. The second kappa shape index (κ2) is 15.9. The first-order chi connectivity index (χ1) is 21.5. The molecule has 2 aliphatic heterocycles. The van der Waals surface area contributed by atoms with E-state index in [1.807, 2.05) is 61.2 Å². The summed E-state index contributed by atoms with van der Waals surface area (Å²) in [4.78, 5) is 46.4. The molecule has 12 nitrogen and oxygen atoms in total. The number of benzene rings is 1. The first-order valence-electron chi connectivity index (χ1n) is 15.7. The van der Waals surface area contributed by atoms with E-state index in [1.54, 1.807) is 13.8 Å². The quantitative estimate of drug-likeness (QED) is 0.290. The van der Waals surface area contributed by atoms with Crippen LogP contribution in [0.25, 0.3) is 17.0 Å². The number of aromatic nitrogens is 1. The van der Waals surface area contributed by atoms with E-state index in [0.717, 1.165) is 16.5 Å². The standard InChI is InChI=1S/C33H45N7O5/c1-21(2)30-31(42)35-22(3)32(43)40-17-7-9-27(38-40)33(44)45-23(4)26-13-12-25-11-10-24(20-28(25)36-26)8-5-6-16-39(19-15-34)18-14-29(41)37-30/h5,8,10-13,20-23,27,29-30,37-38,41H,6-7,9,14,16-19H2,1-4H3,(H,35,42)/b8-5+/t22-,23+,27-,29?,30-/m0/s1. The third kappa shape index (κ3) is 9.31. The Morgan fingerprint density at radius 3 is 2.64 bits per heavy atom. The molecule has 12 heteroatoms. The molecular formula is C33H45N7O5. The highest BCUT2D eigenvalue weighted by Crippen LogP contribution is 2.22. The van der Waals surface area contributed by atoms with Gasteiger partial charge in [-0.15, -0.1) is 0 Å². The molecule has 3 heterocycles. The number of esters is 1. The molecular weight excluding hydrogens is 574 g/mol. The Balaban J connectivity index is 1.57. The van der Waals surface area contributed by atoms with Gasteiger partial charge in [0.2, 0.25) is 5.91 Å². The molecule has 1 saturated heterocycles. The lowest BCUT2D eigenvalue weighted by Crippen LogP contribution is -2.61. The third-order valence-electron chi connectivity index (χ3n) is 8.17. The van der Waals surface area contributed by atoms with Crippen molar-refractivity contribution in [1.82, 2.24) is 31.0 Å². The minimum Gasteiger partial charge on any atom is -0.455 e. The molecule has 2 aliphatic rings. The number of aliphatic hydroxyl groups excluding tert-OH is 1. The van der Waals surface area contributed by atoms with Crippen LogP contribution in [-0.4, -0.2) is 88.3 Å². The van der Waals surface area contributed by atoms with Gasteiger partial charge in [0.1, 0.15) is 24.4 Å². The SMILES string of the molecule is CC(C)[C@@H]1NC(O)CCN(CC#N)CC/C=C/c2ccc3ccc(nc3c2)[C@@H](C)OC(=O)[C@@H]2CCCN(N2)C(=O)[C@H](C)NC1=O. The number of ether oxygens (including phenoxy) is 1. The molecule has 0 radical (unpaired) electrons. The van der Waals surface area contributed by atoms with E-state index in [4.69, 9.17) is 9.72 Å². The smallest absolute Gasteiger partial charge is 0.325 e. The molecule has 2 aromatic rings. The molecule has 1 unspecified atom stereocenters. The Kier molecular flexibility index (Phi) is 12.0. The van der Waals surface area contributed by atoms with Crippen molar-refractivity contribution in [2.75, 3.05) is 26.2 Å². The molecule has 1 fully saturated rings. The molecule has 5 bridgehead atoms. The lowest BCUT2D eigenvalue weighted by molar-refractivity contribution is -0.157. The molecule has 1 aromatic carbocycles. The van der Waals surface area contributed by atoms with E-state index in [9.17, 15) is 24.8 Å². The first-order valence-corrected chi connectivity index (χ1v) is 15.7. The van der Waals surface area contributed by atoms with Gasteiger partial charge in [0.25, 0.3) is 5.91 Å². The average Bonchev–Trinajstić information content (AvgIpc) is 3.02. The highest BCUT2D eigenvalue weighted by molar-refractivity contribution is 5.90. The van der Waals surface area contributed by atoms with Crippen molar-refractivity contribution in [2.24, 2.45) is 5.92 Å². The molecule has 45 heavy (non-hydrogen) atoms. The topological polar surface area (TPSA) is 160 Å². The Morgan fingerprint density at radius 2 is 1.89 bits per heavy atom. The number of cyclic esters (lactones) is 1. The van der Waals surface area contributed by atoms with E-state index in [2.05, 4.69) is 22.1 Å². The number of rotatable bonds is 2. The van der Waals surface area contributed by atoms with Crippen molar-refractivity contribution in [3.63, 3.8) is 0 Å². The summed E-state index contributed by atoms with van der Waals surface area (Å²) in [6, 6.07) is 9.61. The summed E-state index contributed by atoms with van der Waals surface area (Å²) in [6.45, 7) is 8.75. The van der Waals surface area contributed by atoms with Gasteiger partial charge in [0.05, 0.1) is 29.9 Å². The number of carbonyl (C=O) groups excluding carboxylic acids is 3. The summed E-state index contributed by atoms with van der Waals surface area (Å²) in [5.41, 5.74) is 5.35. The van der Waals surface area contributed by atoms with Crippen molar-refractivity contribution >= 4 is 34.8 Å². The molecule has 0 saturated carbocycles. The number of nitrogens with one attached hydrogen (secondary N) is 3. The number of amides is 2. The Labute approximate surface area is 264 Å². The lowest BCUT2D eigenvalue weighted by atomic mass is 10.0. The number of carbonyl (C=O) groups is 3. The van der Waals surface area contributed by atoms with Gasteiger partial charge in [-0.3, -0.25) is 29.6 Å². The Hall–Kier alpha value is -3.89. The fourth-order valence-electron chi connectivity index (χ4n) is 5.52. The second-order valence-corrected chi connectivity index (χ2v) is 12.1. The van der Waals surface area contributed by atoms with Crippen molar-refractivity contribution in [1.29, 1.82) is 5.26 Å². The van der Waals surface area contributed by atoms with Crippen molar-refractivity contribution in [3.05, 3.63) is 47.7 Å². The molecule has 4 rings (SSSR count). The van der Waals surface area contributed by atoms with Crippen LogP contribution in [0, 0.1) is 17.2 Å². The number of hydrazine groups is 1. The van der Waals surface area contributed by atoms with Crippen LogP contribution in [-0.2, 0) is 19.1 Å². The monoisotopic (exact) mass is 619 g/mol. The van der Waals surface area contributed by atoms with Crippen LogP contribution in [0.1, 0.15) is 70.7 Å². The van der Waals surface area contributed by atoms with E-state index in [0.29, 0.717) is 51.0 Å². The maximum Gasteiger partial charge on any atom is 0.325 e. The van der Waals surface area contributed by atoms with Crippen LogP contribution in [0.15, 0.2) is 36.4 Å². The summed E-state index contributed by atoms with van der Waals surface area (Å²) in [7, 11) is 0. The van der Waals surface area contributed by atoms with E-state index < -0.39 is 42.3 Å². The lowest BCUT2D eigenvalue weighted by Gasteiger charge is -2.35. The van der Waals surface area contributed by atoms with Gasteiger partial charge in [-0.2, -0.15) is 5.26 Å². The number of nitriles is 1. The highest BCUT2D eigenvalue weighted by Gasteiger charge is 2.34. The Bertz CT molecular complexity index is 1420. The fourth-order valence-corrected chi connectivity index (χ4v) is 5.52. The maximum absolute atomic E-state index is 13.3. The van der Waals surface area contributed by atoms with Crippen LogP contribution in [0.3, 0.4) is 0 Å². The summed E-state index contributed by atoms with van der Waals surface area (Å²) < 4.78 is 5.79. The molecule has 2 amide bonds. The van der Waals surface area contributed by atoms with Crippen LogP contribution < -0.4 is 16.1 Å². The minimum atomic E-state index is -0.992. The second-order valence-electron chi connectivity index (χ2n) is 12.1. The number of aliphatic hydroxyl groups is 1. The zero-order valence-corrected chi connectivity index (χ0v) is 26.5. The van der Waals surface area contributed by atoms with Gasteiger partial charge in [-0.05, 0) is 63.1 Å². The molecule has 0 aliphatic carbocycles. The predicted octanol–water partition coefficient (Wildman–Crippen LogP) is 2.40. The van der Waals surface area contributed by atoms with E-state index in [-0.39, 0.29) is 18.4 Å². The van der Waals surface area contributed by atoms with Gasteiger partial charge in [0, 0.05) is 25.0 Å². The predicted molar refractivity (Wildman–Crippen MR) is 170 cm³/mol. The Morgan fingerprint density at radius 1 is 1.11 bits per heavy atom. The number of hydrogen-bond acceptors (Lipinski definition) is 10. The van der Waals surface area contributed by atoms with Gasteiger partial charge < -0.3 is 15.2 Å². The summed E-state index contributed by atoms with van der Waals surface area (Å²) >= 11 is 0. The largest absolute Gasteiger partial charge is 0.455 e. The molecule has 242 valence electrons. The first kappa shape index (κ1) is 34.0. The molecule has 0 spiro atoms. The summed E-state index contributed by atoms with van der Waals surface area (Å²) in [5.74, 6) is -1.45. The molecule has 5 atom stereocenters. The van der Waals surface area contributed by atoms with Gasteiger partial charge in [-0.1, -0.05) is 44.2 Å². The van der Waals surface area contributed by atoms with Gasteiger partial charge >= 0.3 is 5.97 Å². The van der Waals surface area contributed by atoms with Gasteiger partial charge in [-0.25, -0.2) is 10.4 Å². The average molecular weight is 620 g/mol. The zero-order valence-electron chi connectivity index (χ0n) is 26.5. The number of nitrogens with zero attached hydrogens (tertiary/aromatic N) is 4. The van der Waals surface area contributed by atoms with Crippen LogP contribution in [0.5, 0.6) is 0 Å². The number of fused-ring (bicyclic) bond motifs is 4. The number of hydrogen-bond donors (Lipinski definition) is 4. The zero-order chi connectivity index (χ0) is 32.5. The maximum atomic E-state index is 13.3. The van der Waals surface area contributed by atoms with Gasteiger partial charge in [0.15, 0.2) is 0 Å². The number of pyridine rings is 1. The van der Waals surface area contributed by atoms with Crippen molar-refractivity contribution in [3.8, 4) is 6.07 Å². The summed E-state index contributed by atoms with van der Waals surface area (Å²) in [6.07, 6.45) is 4.54. The summed E-state index contributed by atoms with van der Waals surface area (Å²) in [5, 5.41) is 28.2. The minimum absolute atomic E-state index is 0.173. The molecule has 4 N–H and O–H groups in total. The van der Waals surface area contributed by atoms with E-state index >= 15 is 0 Å². The molecule has 1 aromatic heterocycles. The van der Waals surface area contributed by atoms with Crippen molar-refractivity contribution in [2.45, 2.75) is 83.8 Å². The van der Waals surface area contributed by atoms with Crippen LogP contribution in [0.2, 0.25) is 0 Å². The van der Waals surface area contributed by atoms with Crippen LogP contribution >= 0.6 is 0 Å². The normalized spacial score (nSPS) is 27.4. The van der Waals surface area contributed by atoms with Crippen molar-refractivity contribution < 1.29 is 24.2 Å². The fraction of sp³-hybridized carbons (Fsp3) is 0.545.